The summed E-state index contributed by atoms with van der Waals surface area (Å²) in [6.45, 7) is 9.73. The summed E-state index contributed by atoms with van der Waals surface area (Å²) in [5.74, 6) is 1.55. The molecule has 1 heterocycles. The number of halogens is 1. The molecule has 2 N–H and O–H groups in total. The van der Waals surface area contributed by atoms with E-state index in [4.69, 9.17) is 0 Å². The molecule has 21 heavy (non-hydrogen) atoms. The fraction of sp³-hybridized carbons (Fsp3) is 0.824. The van der Waals surface area contributed by atoms with E-state index in [0.29, 0.717) is 17.8 Å². The van der Waals surface area contributed by atoms with Gasteiger partial charge in [-0.05, 0) is 49.5 Å². The minimum Gasteiger partial charge on any atom is -0.352 e. The third kappa shape index (κ3) is 6.39. The molecule has 2 atom stereocenters. The molecule has 1 amide bonds. The summed E-state index contributed by atoms with van der Waals surface area (Å²) in [7, 11) is 0. The molecule has 3 nitrogen and oxygen atoms in total. The van der Waals surface area contributed by atoms with Gasteiger partial charge in [-0.25, -0.2) is 0 Å². The average Bonchev–Trinajstić information content (AvgIpc) is 2.35. The molecule has 0 saturated heterocycles. The topological polar surface area (TPSA) is 41.1 Å². The van der Waals surface area contributed by atoms with Gasteiger partial charge >= 0.3 is 0 Å². The molecule has 2 unspecified atom stereocenters. The van der Waals surface area contributed by atoms with Gasteiger partial charge in [-0.15, -0.1) is 12.4 Å². The first-order chi connectivity index (χ1) is 9.44. The Balaban J connectivity index is 0.00000220. The number of rotatable bonds is 4. The molecule has 1 fully saturated rings. The van der Waals surface area contributed by atoms with Crippen molar-refractivity contribution >= 4 is 18.3 Å². The SMILES string of the molecule is CC1CC(CC(=O)NCC2=CCNCC2)CC(C)(C)C1.Cl. The van der Waals surface area contributed by atoms with Crippen LogP contribution in [-0.2, 0) is 4.79 Å². The van der Waals surface area contributed by atoms with Crippen LogP contribution in [0.3, 0.4) is 0 Å². The quantitative estimate of drug-likeness (QED) is 0.782. The number of nitrogens with one attached hydrogen (secondary N) is 2. The first-order valence-corrected chi connectivity index (χ1v) is 8.10. The summed E-state index contributed by atoms with van der Waals surface area (Å²) in [6, 6.07) is 0. The normalized spacial score (nSPS) is 28.2. The summed E-state index contributed by atoms with van der Waals surface area (Å²) in [5, 5.41) is 6.40. The highest BCUT2D eigenvalue weighted by Crippen LogP contribution is 2.42. The zero-order chi connectivity index (χ0) is 14.6. The summed E-state index contributed by atoms with van der Waals surface area (Å²) < 4.78 is 0. The Morgan fingerprint density at radius 3 is 2.81 bits per heavy atom. The van der Waals surface area contributed by atoms with Crippen LogP contribution in [0, 0.1) is 17.3 Å². The molecule has 0 aromatic rings. The molecule has 4 heteroatoms. The second-order valence-corrected chi connectivity index (χ2v) is 7.58. The largest absolute Gasteiger partial charge is 0.352 e. The molecular weight excluding hydrogens is 284 g/mol. The standard InChI is InChI=1S/C17H30N2O.ClH/c1-13-8-15(11-17(2,3)10-13)9-16(20)19-12-14-4-6-18-7-5-14;/h4,13,15,18H,5-12H2,1-3H3,(H,19,20);1H. The van der Waals surface area contributed by atoms with Crippen molar-refractivity contribution in [3.8, 4) is 0 Å². The van der Waals surface area contributed by atoms with Crippen molar-refractivity contribution in [2.24, 2.45) is 17.3 Å². The molecule has 0 aromatic heterocycles. The molecule has 0 spiro atoms. The van der Waals surface area contributed by atoms with Gasteiger partial charge in [0.1, 0.15) is 0 Å². The molecule has 1 aliphatic carbocycles. The Kier molecular flexibility index (Phi) is 7.22. The zero-order valence-corrected chi connectivity index (χ0v) is 14.5. The van der Waals surface area contributed by atoms with Gasteiger partial charge in [-0.3, -0.25) is 4.79 Å². The number of amides is 1. The van der Waals surface area contributed by atoms with Crippen LogP contribution >= 0.6 is 12.4 Å². The minimum atomic E-state index is 0. The van der Waals surface area contributed by atoms with Crippen molar-refractivity contribution in [3.05, 3.63) is 11.6 Å². The van der Waals surface area contributed by atoms with Crippen molar-refractivity contribution in [1.82, 2.24) is 10.6 Å². The molecule has 122 valence electrons. The predicted octanol–water partition coefficient (Wildman–Crippen LogP) is 3.30. The summed E-state index contributed by atoms with van der Waals surface area (Å²) in [5.41, 5.74) is 1.77. The van der Waals surface area contributed by atoms with E-state index in [2.05, 4.69) is 37.5 Å². The molecule has 0 radical (unpaired) electrons. The van der Waals surface area contributed by atoms with Gasteiger partial charge in [0.2, 0.25) is 5.91 Å². The Hall–Kier alpha value is -0.540. The van der Waals surface area contributed by atoms with Crippen LogP contribution in [-0.4, -0.2) is 25.5 Å². The number of carbonyl (C=O) groups excluding carboxylic acids is 1. The second kappa shape index (κ2) is 8.19. The third-order valence-corrected chi connectivity index (χ3v) is 4.62. The van der Waals surface area contributed by atoms with E-state index in [-0.39, 0.29) is 18.3 Å². The molecule has 2 aliphatic rings. The maximum absolute atomic E-state index is 12.1. The number of carbonyl (C=O) groups is 1. The van der Waals surface area contributed by atoms with Crippen molar-refractivity contribution in [2.75, 3.05) is 19.6 Å². The van der Waals surface area contributed by atoms with Crippen molar-refractivity contribution in [1.29, 1.82) is 0 Å². The minimum absolute atomic E-state index is 0. The van der Waals surface area contributed by atoms with Crippen molar-refractivity contribution in [3.63, 3.8) is 0 Å². The lowest BCUT2D eigenvalue weighted by atomic mass is 9.67. The van der Waals surface area contributed by atoms with Crippen molar-refractivity contribution in [2.45, 2.75) is 52.9 Å². The van der Waals surface area contributed by atoms with E-state index in [9.17, 15) is 4.79 Å². The lowest BCUT2D eigenvalue weighted by molar-refractivity contribution is -0.122. The highest BCUT2D eigenvalue weighted by molar-refractivity contribution is 5.85. The van der Waals surface area contributed by atoms with Crippen LogP contribution in [0.5, 0.6) is 0 Å². The summed E-state index contributed by atoms with van der Waals surface area (Å²) in [4.78, 5) is 12.1. The van der Waals surface area contributed by atoms with Crippen LogP contribution < -0.4 is 10.6 Å². The average molecular weight is 315 g/mol. The molecule has 2 rings (SSSR count). The predicted molar refractivity (Wildman–Crippen MR) is 90.7 cm³/mol. The van der Waals surface area contributed by atoms with Gasteiger partial charge in [0.15, 0.2) is 0 Å². The lowest BCUT2D eigenvalue weighted by Crippen LogP contribution is -2.34. The first kappa shape index (κ1) is 18.5. The van der Waals surface area contributed by atoms with Crippen LogP contribution in [0.15, 0.2) is 11.6 Å². The summed E-state index contributed by atoms with van der Waals surface area (Å²) >= 11 is 0. The van der Waals surface area contributed by atoms with Crippen LogP contribution in [0.1, 0.15) is 52.9 Å². The summed E-state index contributed by atoms with van der Waals surface area (Å²) in [6.07, 6.45) is 7.68. The third-order valence-electron chi connectivity index (χ3n) is 4.62. The van der Waals surface area contributed by atoms with E-state index < -0.39 is 0 Å². The smallest absolute Gasteiger partial charge is 0.220 e. The Bertz CT molecular complexity index is 379. The number of hydrogen-bond donors (Lipinski definition) is 2. The zero-order valence-electron chi connectivity index (χ0n) is 13.7. The second-order valence-electron chi connectivity index (χ2n) is 7.58. The van der Waals surface area contributed by atoms with Crippen LogP contribution in [0.4, 0.5) is 0 Å². The number of hydrogen-bond acceptors (Lipinski definition) is 2. The van der Waals surface area contributed by atoms with E-state index in [1.165, 1.54) is 24.8 Å². The van der Waals surface area contributed by atoms with Gasteiger partial charge in [0, 0.05) is 19.5 Å². The highest BCUT2D eigenvalue weighted by atomic mass is 35.5. The van der Waals surface area contributed by atoms with E-state index >= 15 is 0 Å². The fourth-order valence-electron chi connectivity index (χ4n) is 4.08. The maximum Gasteiger partial charge on any atom is 0.220 e. The lowest BCUT2D eigenvalue weighted by Gasteiger charge is -2.38. The van der Waals surface area contributed by atoms with Gasteiger partial charge in [-0.1, -0.05) is 32.4 Å². The van der Waals surface area contributed by atoms with Gasteiger partial charge in [-0.2, -0.15) is 0 Å². The van der Waals surface area contributed by atoms with E-state index in [1.54, 1.807) is 0 Å². The van der Waals surface area contributed by atoms with Crippen LogP contribution in [0.25, 0.3) is 0 Å². The van der Waals surface area contributed by atoms with E-state index in [1.807, 2.05) is 0 Å². The maximum atomic E-state index is 12.1. The molecule has 0 aromatic carbocycles. The van der Waals surface area contributed by atoms with Gasteiger partial charge < -0.3 is 10.6 Å². The fourth-order valence-corrected chi connectivity index (χ4v) is 4.08. The van der Waals surface area contributed by atoms with Crippen LogP contribution in [0.2, 0.25) is 0 Å². The van der Waals surface area contributed by atoms with Gasteiger partial charge in [0.25, 0.3) is 0 Å². The monoisotopic (exact) mass is 314 g/mol. The Labute approximate surface area is 135 Å². The first-order valence-electron chi connectivity index (χ1n) is 8.10. The molecule has 1 aliphatic heterocycles. The van der Waals surface area contributed by atoms with E-state index in [0.717, 1.165) is 32.0 Å². The highest BCUT2D eigenvalue weighted by Gasteiger charge is 2.32. The Morgan fingerprint density at radius 2 is 2.19 bits per heavy atom. The van der Waals surface area contributed by atoms with Crippen molar-refractivity contribution < 1.29 is 4.79 Å². The molecule has 1 saturated carbocycles. The molecular formula is C17H31ClN2O. The molecule has 0 bridgehead atoms. The van der Waals surface area contributed by atoms with Gasteiger partial charge in [0.05, 0.1) is 0 Å². The Morgan fingerprint density at radius 1 is 1.43 bits per heavy atom.